The van der Waals surface area contributed by atoms with E-state index in [1.807, 2.05) is 18.2 Å². The van der Waals surface area contributed by atoms with Gasteiger partial charge in [0.1, 0.15) is 6.29 Å². The first-order valence-corrected chi connectivity index (χ1v) is 7.71. The Balaban J connectivity index is 1.91. The van der Waals surface area contributed by atoms with E-state index >= 15 is 0 Å². The summed E-state index contributed by atoms with van der Waals surface area (Å²) in [6.45, 7) is 0. The van der Waals surface area contributed by atoms with Crippen molar-refractivity contribution in [2.75, 3.05) is 0 Å². The summed E-state index contributed by atoms with van der Waals surface area (Å²) in [4.78, 5) is 16.9. The number of carbonyl (C=O) groups excluding carboxylic acids is 1. The molecule has 0 saturated heterocycles. The molecule has 0 aliphatic heterocycles. The van der Waals surface area contributed by atoms with E-state index in [9.17, 15) is 4.79 Å². The monoisotopic (exact) mass is 275 g/mol. The fourth-order valence-electron chi connectivity index (χ4n) is 2.14. The highest BCUT2D eigenvalue weighted by Gasteiger charge is 2.15. The lowest BCUT2D eigenvalue weighted by Crippen LogP contribution is -1.98. The maximum absolute atomic E-state index is 11.0. The summed E-state index contributed by atoms with van der Waals surface area (Å²) in [6, 6.07) is 8.16. The van der Waals surface area contributed by atoms with Crippen LogP contribution < -0.4 is 0 Å². The average molecular weight is 275 g/mol. The van der Waals surface area contributed by atoms with Crippen molar-refractivity contribution < 1.29 is 4.79 Å². The molecule has 18 heavy (non-hydrogen) atoms. The highest BCUT2D eigenvalue weighted by atomic mass is 32.2. The van der Waals surface area contributed by atoms with Gasteiger partial charge in [-0.1, -0.05) is 23.9 Å². The van der Waals surface area contributed by atoms with Crippen LogP contribution in [0.1, 0.15) is 25.7 Å². The summed E-state index contributed by atoms with van der Waals surface area (Å²) in [5.74, 6) is 0. The van der Waals surface area contributed by atoms with Crippen LogP contribution in [0.4, 0.5) is 0 Å². The number of allylic oxidation sites excluding steroid dienone is 2. The Kier molecular flexibility index (Phi) is 3.48. The molecule has 2 aromatic rings. The van der Waals surface area contributed by atoms with Gasteiger partial charge in [-0.05, 0) is 42.7 Å². The lowest BCUT2D eigenvalue weighted by atomic mass is 10.0. The lowest BCUT2D eigenvalue weighted by molar-refractivity contribution is -0.105. The number of aldehydes is 1. The number of para-hydroxylation sites is 1. The zero-order valence-corrected chi connectivity index (χ0v) is 11.5. The number of rotatable bonds is 3. The highest BCUT2D eigenvalue weighted by Crippen LogP contribution is 2.39. The van der Waals surface area contributed by atoms with Crippen molar-refractivity contribution in [1.29, 1.82) is 0 Å². The second kappa shape index (κ2) is 5.24. The van der Waals surface area contributed by atoms with Crippen molar-refractivity contribution in [3.63, 3.8) is 0 Å². The molecule has 92 valence electrons. The molecule has 0 saturated carbocycles. The van der Waals surface area contributed by atoms with Crippen LogP contribution >= 0.6 is 23.1 Å². The molecule has 3 rings (SSSR count). The van der Waals surface area contributed by atoms with Crippen molar-refractivity contribution in [1.82, 2.24) is 4.98 Å². The molecule has 0 unspecified atom stereocenters. The van der Waals surface area contributed by atoms with E-state index in [0.29, 0.717) is 0 Å². The first-order chi connectivity index (χ1) is 8.86. The molecule has 1 aliphatic carbocycles. The summed E-state index contributed by atoms with van der Waals surface area (Å²) in [7, 11) is 0. The van der Waals surface area contributed by atoms with Crippen molar-refractivity contribution >= 4 is 39.6 Å². The Morgan fingerprint density at radius 3 is 2.89 bits per heavy atom. The number of aromatic nitrogens is 1. The quantitative estimate of drug-likeness (QED) is 0.777. The third-order valence-corrected chi connectivity index (χ3v) is 5.39. The largest absolute Gasteiger partial charge is 0.298 e. The van der Waals surface area contributed by atoms with Crippen molar-refractivity contribution in [2.24, 2.45) is 0 Å². The van der Waals surface area contributed by atoms with Crippen molar-refractivity contribution in [3.8, 4) is 0 Å². The number of hydrogen-bond donors (Lipinski definition) is 0. The number of benzene rings is 1. The molecule has 1 aliphatic rings. The molecule has 1 aromatic heterocycles. The van der Waals surface area contributed by atoms with Crippen LogP contribution in [0.15, 0.2) is 39.1 Å². The number of carbonyl (C=O) groups is 1. The minimum atomic E-state index is 0.927. The van der Waals surface area contributed by atoms with Gasteiger partial charge in [0.15, 0.2) is 4.34 Å². The van der Waals surface area contributed by atoms with Gasteiger partial charge in [-0.15, -0.1) is 11.3 Å². The molecule has 0 fully saturated rings. The van der Waals surface area contributed by atoms with Gasteiger partial charge in [0.05, 0.1) is 10.2 Å². The van der Waals surface area contributed by atoms with E-state index in [-0.39, 0.29) is 0 Å². The lowest BCUT2D eigenvalue weighted by Gasteiger charge is -2.14. The van der Waals surface area contributed by atoms with Gasteiger partial charge < -0.3 is 0 Å². The van der Waals surface area contributed by atoms with Crippen molar-refractivity contribution in [3.05, 3.63) is 34.7 Å². The number of fused-ring (bicyclic) bond motifs is 1. The second-order valence-electron chi connectivity index (χ2n) is 4.32. The topological polar surface area (TPSA) is 30.0 Å². The molecular weight excluding hydrogens is 262 g/mol. The van der Waals surface area contributed by atoms with E-state index in [1.165, 1.54) is 16.0 Å². The number of thiazole rings is 1. The minimum Gasteiger partial charge on any atom is -0.298 e. The van der Waals surface area contributed by atoms with Crippen LogP contribution in [-0.2, 0) is 4.79 Å². The van der Waals surface area contributed by atoms with Crippen molar-refractivity contribution in [2.45, 2.75) is 30.0 Å². The van der Waals surface area contributed by atoms with Crippen LogP contribution in [-0.4, -0.2) is 11.3 Å². The molecule has 0 amide bonds. The van der Waals surface area contributed by atoms with Crippen LogP contribution in [0.5, 0.6) is 0 Å². The fraction of sp³-hybridized carbons (Fsp3) is 0.286. The average Bonchev–Trinajstić information content (AvgIpc) is 2.81. The van der Waals surface area contributed by atoms with Gasteiger partial charge >= 0.3 is 0 Å². The van der Waals surface area contributed by atoms with Gasteiger partial charge in [0.25, 0.3) is 0 Å². The number of hydrogen-bond acceptors (Lipinski definition) is 4. The summed E-state index contributed by atoms with van der Waals surface area (Å²) in [6.07, 6.45) is 5.29. The van der Waals surface area contributed by atoms with E-state index in [2.05, 4.69) is 11.1 Å². The Hall–Kier alpha value is -1.13. The van der Waals surface area contributed by atoms with Gasteiger partial charge in [-0.2, -0.15) is 0 Å². The number of thioether (sulfide) groups is 1. The van der Waals surface area contributed by atoms with Gasteiger partial charge in [0, 0.05) is 5.57 Å². The van der Waals surface area contributed by atoms with Crippen LogP contribution in [0.2, 0.25) is 0 Å². The molecular formula is C14H13NOS2. The molecule has 1 aromatic carbocycles. The zero-order chi connectivity index (χ0) is 12.4. The van der Waals surface area contributed by atoms with Gasteiger partial charge in [-0.25, -0.2) is 4.98 Å². The third kappa shape index (κ3) is 2.35. The first kappa shape index (κ1) is 11.9. The fourth-order valence-corrected chi connectivity index (χ4v) is 4.46. The maximum atomic E-state index is 11.0. The minimum absolute atomic E-state index is 0.927. The summed E-state index contributed by atoms with van der Waals surface area (Å²) in [5.41, 5.74) is 2.03. The summed E-state index contributed by atoms with van der Waals surface area (Å²) < 4.78 is 2.26. The van der Waals surface area contributed by atoms with E-state index in [4.69, 9.17) is 0 Å². The first-order valence-electron chi connectivity index (χ1n) is 6.07. The molecule has 0 bridgehead atoms. The van der Waals surface area contributed by atoms with Crippen LogP contribution in [0.25, 0.3) is 10.2 Å². The van der Waals surface area contributed by atoms with Crippen LogP contribution in [0.3, 0.4) is 0 Å². The summed E-state index contributed by atoms with van der Waals surface area (Å²) in [5, 5.41) is 0. The smallest absolute Gasteiger partial charge is 0.155 e. The van der Waals surface area contributed by atoms with E-state index in [0.717, 1.165) is 41.0 Å². The molecule has 2 nitrogen and oxygen atoms in total. The molecule has 0 atom stereocenters. The third-order valence-electron chi connectivity index (χ3n) is 3.09. The molecule has 1 heterocycles. The Morgan fingerprint density at radius 2 is 2.06 bits per heavy atom. The number of nitrogens with zero attached hydrogens (tertiary/aromatic N) is 1. The molecule has 4 heteroatoms. The van der Waals surface area contributed by atoms with E-state index in [1.54, 1.807) is 23.1 Å². The molecule has 0 N–H and O–H groups in total. The second-order valence-corrected chi connectivity index (χ2v) is 6.70. The standard InChI is InChI=1S/C14H13NOS2/c16-9-10-5-1-3-7-12(10)17-14-15-11-6-2-4-8-13(11)18-14/h2,4,6,8-9H,1,3,5,7H2. The van der Waals surface area contributed by atoms with Crippen LogP contribution in [0, 0.1) is 0 Å². The van der Waals surface area contributed by atoms with Gasteiger partial charge in [0.2, 0.25) is 0 Å². The highest BCUT2D eigenvalue weighted by molar-refractivity contribution is 8.04. The Bertz CT molecular complexity index is 582. The maximum Gasteiger partial charge on any atom is 0.155 e. The SMILES string of the molecule is O=CC1=C(Sc2nc3ccccc3s2)CCCC1. The normalized spacial score (nSPS) is 16.2. The molecule has 0 spiro atoms. The van der Waals surface area contributed by atoms with Gasteiger partial charge in [-0.3, -0.25) is 4.79 Å². The predicted octanol–water partition coefficient (Wildman–Crippen LogP) is 4.42. The Labute approximate surface area is 114 Å². The Morgan fingerprint density at radius 1 is 1.22 bits per heavy atom. The molecule has 0 radical (unpaired) electrons. The van der Waals surface area contributed by atoms with E-state index < -0.39 is 0 Å². The predicted molar refractivity (Wildman–Crippen MR) is 77.0 cm³/mol. The summed E-state index contributed by atoms with van der Waals surface area (Å²) >= 11 is 3.38. The zero-order valence-electron chi connectivity index (χ0n) is 9.89.